The lowest BCUT2D eigenvalue weighted by Gasteiger charge is -2.10. The number of hydrogen-bond acceptors (Lipinski definition) is 6. The molecular weight excluding hydrogens is 479 g/mol. The summed E-state index contributed by atoms with van der Waals surface area (Å²) in [6.07, 6.45) is 6.47. The fourth-order valence-corrected chi connectivity index (χ4v) is 6.07. The molecule has 0 spiro atoms. The lowest BCUT2D eigenvalue weighted by molar-refractivity contribution is 0.467. The van der Waals surface area contributed by atoms with Crippen LogP contribution in [0.15, 0.2) is 77.6 Å². The van der Waals surface area contributed by atoms with E-state index in [1.165, 1.54) is 24.7 Å². The van der Waals surface area contributed by atoms with Crippen molar-refractivity contribution in [2.45, 2.75) is 30.6 Å². The SMILES string of the molecule is CS(=O)(=O)[C@H]1CC[C@@H](n2cc(-c3ncnc4oc(-c5ccccc5)cc34)c(-c3ccc(F)cc3)n2)C1. The average Bonchev–Trinajstić information content (AvgIpc) is 3.62. The number of aromatic nitrogens is 4. The molecule has 7 nitrogen and oxygen atoms in total. The van der Waals surface area contributed by atoms with Crippen molar-refractivity contribution in [1.82, 2.24) is 19.7 Å². The fourth-order valence-electron chi connectivity index (χ4n) is 4.93. The van der Waals surface area contributed by atoms with Crippen molar-refractivity contribution < 1.29 is 17.2 Å². The summed E-state index contributed by atoms with van der Waals surface area (Å²) in [5.41, 5.74) is 4.15. The van der Waals surface area contributed by atoms with Crippen LogP contribution in [-0.2, 0) is 9.84 Å². The Kier molecular flexibility index (Phi) is 5.44. The third kappa shape index (κ3) is 4.09. The molecule has 5 aromatic rings. The first kappa shape index (κ1) is 22.6. The highest BCUT2D eigenvalue weighted by Crippen LogP contribution is 2.40. The maximum atomic E-state index is 13.7. The molecule has 0 unspecified atom stereocenters. The van der Waals surface area contributed by atoms with E-state index >= 15 is 0 Å². The molecule has 3 heterocycles. The normalized spacial score (nSPS) is 18.2. The first-order valence-corrected chi connectivity index (χ1v) is 13.7. The summed E-state index contributed by atoms with van der Waals surface area (Å²) in [5, 5.41) is 5.22. The van der Waals surface area contributed by atoms with Gasteiger partial charge in [-0.25, -0.2) is 22.8 Å². The molecule has 0 radical (unpaired) electrons. The number of hydrogen-bond donors (Lipinski definition) is 0. The summed E-state index contributed by atoms with van der Waals surface area (Å²) >= 11 is 0. The highest BCUT2D eigenvalue weighted by atomic mass is 32.2. The average molecular weight is 503 g/mol. The van der Waals surface area contributed by atoms with Crippen LogP contribution in [0.2, 0.25) is 0 Å². The van der Waals surface area contributed by atoms with Gasteiger partial charge in [-0.1, -0.05) is 30.3 Å². The van der Waals surface area contributed by atoms with Gasteiger partial charge in [0.1, 0.15) is 33.4 Å². The Hall–Kier alpha value is -3.85. The molecule has 0 aliphatic heterocycles. The van der Waals surface area contributed by atoms with E-state index in [0.29, 0.717) is 42.1 Å². The molecule has 2 aromatic carbocycles. The second kappa shape index (κ2) is 8.67. The maximum absolute atomic E-state index is 13.7. The summed E-state index contributed by atoms with van der Waals surface area (Å²) in [7, 11) is -3.12. The van der Waals surface area contributed by atoms with Crippen LogP contribution in [0.1, 0.15) is 25.3 Å². The van der Waals surface area contributed by atoms with E-state index in [-0.39, 0.29) is 17.1 Å². The minimum atomic E-state index is -3.12. The Morgan fingerprint density at radius 2 is 1.75 bits per heavy atom. The quantitative estimate of drug-likeness (QED) is 0.306. The van der Waals surface area contributed by atoms with Crippen LogP contribution in [0.25, 0.3) is 44.9 Å². The zero-order chi connectivity index (χ0) is 24.9. The van der Waals surface area contributed by atoms with Crippen LogP contribution >= 0.6 is 0 Å². The molecule has 6 rings (SSSR count). The van der Waals surface area contributed by atoms with Crippen molar-refractivity contribution in [1.29, 1.82) is 0 Å². The Balaban J connectivity index is 1.49. The highest BCUT2D eigenvalue weighted by Gasteiger charge is 2.33. The standard InChI is InChI=1S/C27H23FN4O3S/c1-36(33,34)21-12-11-20(13-21)32-15-23(25(31-32)18-7-9-19(28)10-8-18)26-22-14-24(17-5-3-2-4-6-17)35-27(22)30-16-29-26/h2-10,14-16,20-21H,11-13H2,1H3/t20-,21+/m1/s1. The summed E-state index contributed by atoms with van der Waals surface area (Å²) in [5.74, 6) is 0.341. The van der Waals surface area contributed by atoms with Crippen molar-refractivity contribution in [3.8, 4) is 33.8 Å². The number of halogens is 1. The molecule has 1 aliphatic carbocycles. The van der Waals surface area contributed by atoms with E-state index in [1.807, 2.05) is 47.3 Å². The van der Waals surface area contributed by atoms with Crippen LogP contribution in [0, 0.1) is 5.82 Å². The molecule has 1 fully saturated rings. The predicted octanol–water partition coefficient (Wildman–Crippen LogP) is 5.70. The molecule has 0 bridgehead atoms. The summed E-state index contributed by atoms with van der Waals surface area (Å²) in [6, 6.07) is 17.8. The van der Waals surface area contributed by atoms with E-state index in [0.717, 1.165) is 22.1 Å². The van der Waals surface area contributed by atoms with Gasteiger partial charge in [-0.05, 0) is 49.6 Å². The number of rotatable bonds is 5. The molecule has 9 heteroatoms. The maximum Gasteiger partial charge on any atom is 0.230 e. The molecule has 36 heavy (non-hydrogen) atoms. The molecule has 1 saturated carbocycles. The van der Waals surface area contributed by atoms with Gasteiger partial charge in [0.25, 0.3) is 0 Å². The molecule has 2 atom stereocenters. The predicted molar refractivity (Wildman–Crippen MR) is 135 cm³/mol. The number of nitrogens with zero attached hydrogens (tertiary/aromatic N) is 4. The van der Waals surface area contributed by atoms with E-state index in [4.69, 9.17) is 9.52 Å². The minimum absolute atomic E-state index is 0.0563. The van der Waals surface area contributed by atoms with Crippen molar-refractivity contribution in [3.05, 3.63) is 79.0 Å². The van der Waals surface area contributed by atoms with Gasteiger partial charge in [-0.2, -0.15) is 5.10 Å². The van der Waals surface area contributed by atoms with Crippen LogP contribution < -0.4 is 0 Å². The second-order valence-corrected chi connectivity index (χ2v) is 11.5. The number of benzene rings is 2. The van der Waals surface area contributed by atoms with Gasteiger partial charge in [0.05, 0.1) is 22.4 Å². The summed E-state index contributed by atoms with van der Waals surface area (Å²) in [4.78, 5) is 8.92. The molecule has 182 valence electrons. The van der Waals surface area contributed by atoms with E-state index < -0.39 is 9.84 Å². The molecule has 0 N–H and O–H groups in total. The zero-order valence-corrected chi connectivity index (χ0v) is 20.3. The van der Waals surface area contributed by atoms with Gasteiger partial charge in [-0.3, -0.25) is 4.68 Å². The van der Waals surface area contributed by atoms with Gasteiger partial charge in [-0.15, -0.1) is 0 Å². The Morgan fingerprint density at radius 3 is 2.47 bits per heavy atom. The van der Waals surface area contributed by atoms with Crippen LogP contribution in [0.4, 0.5) is 4.39 Å². The van der Waals surface area contributed by atoms with Crippen LogP contribution in [-0.4, -0.2) is 39.7 Å². The van der Waals surface area contributed by atoms with E-state index in [2.05, 4.69) is 9.97 Å². The Labute approximate surface area is 207 Å². The van der Waals surface area contributed by atoms with E-state index in [9.17, 15) is 12.8 Å². The summed E-state index contributed by atoms with van der Waals surface area (Å²) in [6.45, 7) is 0. The molecule has 0 saturated heterocycles. The smallest absolute Gasteiger partial charge is 0.230 e. The lowest BCUT2D eigenvalue weighted by atomic mass is 10.0. The van der Waals surface area contributed by atoms with Gasteiger partial charge in [0, 0.05) is 29.1 Å². The monoisotopic (exact) mass is 502 g/mol. The molecular formula is C27H23FN4O3S. The third-order valence-electron chi connectivity index (χ3n) is 6.83. The van der Waals surface area contributed by atoms with Crippen molar-refractivity contribution >= 4 is 20.9 Å². The van der Waals surface area contributed by atoms with Gasteiger partial charge < -0.3 is 4.42 Å². The van der Waals surface area contributed by atoms with Crippen LogP contribution in [0.3, 0.4) is 0 Å². The number of fused-ring (bicyclic) bond motifs is 1. The van der Waals surface area contributed by atoms with Gasteiger partial charge in [0.2, 0.25) is 5.71 Å². The highest BCUT2D eigenvalue weighted by molar-refractivity contribution is 7.91. The first-order chi connectivity index (χ1) is 17.4. The molecule has 1 aliphatic rings. The molecule has 0 amide bonds. The lowest BCUT2D eigenvalue weighted by Crippen LogP contribution is -2.17. The minimum Gasteiger partial charge on any atom is -0.438 e. The Morgan fingerprint density at radius 1 is 0.972 bits per heavy atom. The third-order valence-corrected chi connectivity index (χ3v) is 8.47. The van der Waals surface area contributed by atoms with Crippen LogP contribution in [0.5, 0.6) is 0 Å². The molecule has 3 aromatic heterocycles. The zero-order valence-electron chi connectivity index (χ0n) is 19.5. The van der Waals surface area contributed by atoms with Gasteiger partial charge >= 0.3 is 0 Å². The second-order valence-electron chi connectivity index (χ2n) is 9.21. The Bertz CT molecular complexity index is 1660. The topological polar surface area (TPSA) is 90.9 Å². The summed E-state index contributed by atoms with van der Waals surface area (Å²) < 4.78 is 45.8. The van der Waals surface area contributed by atoms with Crippen molar-refractivity contribution in [2.24, 2.45) is 0 Å². The van der Waals surface area contributed by atoms with Gasteiger partial charge in [0.15, 0.2) is 0 Å². The number of sulfone groups is 1. The number of furan rings is 1. The fraction of sp³-hybridized carbons (Fsp3) is 0.222. The van der Waals surface area contributed by atoms with Crippen molar-refractivity contribution in [3.63, 3.8) is 0 Å². The van der Waals surface area contributed by atoms with Crippen molar-refractivity contribution in [2.75, 3.05) is 6.26 Å². The largest absolute Gasteiger partial charge is 0.438 e. The van der Waals surface area contributed by atoms with E-state index in [1.54, 1.807) is 12.1 Å². The first-order valence-electron chi connectivity index (χ1n) is 11.7.